The van der Waals surface area contributed by atoms with Crippen LogP contribution in [0.15, 0.2) is 24.3 Å². The third-order valence-corrected chi connectivity index (χ3v) is 4.72. The maximum absolute atomic E-state index is 12.3. The predicted octanol–water partition coefficient (Wildman–Crippen LogP) is 1.30. The molecule has 7 nitrogen and oxygen atoms in total. The number of amides is 1. The lowest BCUT2D eigenvalue weighted by Gasteiger charge is -2.18. The van der Waals surface area contributed by atoms with Crippen LogP contribution in [0.3, 0.4) is 0 Å². The molecule has 4 N–H and O–H groups in total. The van der Waals surface area contributed by atoms with Gasteiger partial charge in [-0.15, -0.1) is 0 Å². The molecule has 8 heteroatoms. The van der Waals surface area contributed by atoms with E-state index in [0.29, 0.717) is 11.3 Å². The number of hydrogen-bond donors (Lipinski definition) is 3. The molecule has 0 spiro atoms. The van der Waals surface area contributed by atoms with Crippen molar-refractivity contribution in [2.75, 3.05) is 5.32 Å². The minimum atomic E-state index is -3.67. The van der Waals surface area contributed by atoms with E-state index in [1.807, 2.05) is 0 Å². The molecule has 0 bridgehead atoms. The lowest BCUT2D eigenvalue weighted by Crippen LogP contribution is -2.34. The summed E-state index contributed by atoms with van der Waals surface area (Å²) >= 11 is 0. The zero-order chi connectivity index (χ0) is 17.0. The van der Waals surface area contributed by atoms with Crippen molar-refractivity contribution in [1.29, 1.82) is 0 Å². The standard InChI is InChI=1S/C15H20N2O5S/c16-23(21,22)9-10-4-3-7-12(8-10)17-14(18)13(15(19)20)11-5-1-2-6-11/h3-4,7-8,11,13H,1-2,5-6,9H2,(H,17,18)(H,19,20)(H2,16,21,22). The molecule has 0 aromatic heterocycles. The summed E-state index contributed by atoms with van der Waals surface area (Å²) in [5.74, 6) is -3.28. The smallest absolute Gasteiger partial charge is 0.316 e. The van der Waals surface area contributed by atoms with Gasteiger partial charge in [0, 0.05) is 5.69 Å². The van der Waals surface area contributed by atoms with Gasteiger partial charge in [0.1, 0.15) is 5.92 Å². The molecule has 23 heavy (non-hydrogen) atoms. The molecule has 0 saturated heterocycles. The molecule has 1 atom stereocenters. The molecule has 1 unspecified atom stereocenters. The molecule has 2 rings (SSSR count). The number of nitrogens with two attached hydrogens (primary N) is 1. The van der Waals surface area contributed by atoms with Gasteiger partial charge in [0.2, 0.25) is 15.9 Å². The van der Waals surface area contributed by atoms with Crippen LogP contribution in [-0.2, 0) is 25.4 Å². The molecule has 0 radical (unpaired) electrons. The Bertz CT molecular complexity index is 696. The minimum absolute atomic E-state index is 0.153. The molecule has 126 valence electrons. The fourth-order valence-electron chi connectivity index (χ4n) is 3.01. The van der Waals surface area contributed by atoms with Gasteiger partial charge in [-0.1, -0.05) is 25.0 Å². The second kappa shape index (κ2) is 7.10. The van der Waals surface area contributed by atoms with E-state index in [4.69, 9.17) is 5.14 Å². The van der Waals surface area contributed by atoms with Crippen molar-refractivity contribution >= 4 is 27.6 Å². The lowest BCUT2D eigenvalue weighted by atomic mass is 9.90. The quantitative estimate of drug-likeness (QED) is 0.673. The zero-order valence-electron chi connectivity index (χ0n) is 12.6. The predicted molar refractivity (Wildman–Crippen MR) is 85.0 cm³/mol. The largest absolute Gasteiger partial charge is 0.481 e. The Morgan fingerprint density at radius 1 is 1.30 bits per heavy atom. The highest BCUT2D eigenvalue weighted by atomic mass is 32.2. The number of carboxylic acids is 1. The van der Waals surface area contributed by atoms with E-state index in [1.165, 1.54) is 6.07 Å². The first kappa shape index (κ1) is 17.4. The first-order valence-corrected chi connectivity index (χ1v) is 9.11. The second-order valence-electron chi connectivity index (χ2n) is 5.86. The fourth-order valence-corrected chi connectivity index (χ4v) is 3.65. The van der Waals surface area contributed by atoms with E-state index >= 15 is 0 Å². The highest BCUT2D eigenvalue weighted by Crippen LogP contribution is 2.32. The first-order chi connectivity index (χ1) is 10.8. The van der Waals surface area contributed by atoms with Gasteiger partial charge >= 0.3 is 5.97 Å². The van der Waals surface area contributed by atoms with Crippen LogP contribution in [0.4, 0.5) is 5.69 Å². The number of nitrogens with one attached hydrogen (secondary N) is 1. The summed E-state index contributed by atoms with van der Waals surface area (Å²) < 4.78 is 22.2. The van der Waals surface area contributed by atoms with Gasteiger partial charge in [0.25, 0.3) is 0 Å². The summed E-state index contributed by atoms with van der Waals surface area (Å²) in [5, 5.41) is 16.9. The number of aliphatic carboxylic acids is 1. The highest BCUT2D eigenvalue weighted by Gasteiger charge is 2.36. The van der Waals surface area contributed by atoms with Crippen LogP contribution in [-0.4, -0.2) is 25.4 Å². The van der Waals surface area contributed by atoms with Gasteiger partial charge in [-0.3, -0.25) is 9.59 Å². The Labute approximate surface area is 134 Å². The summed E-state index contributed by atoms with van der Waals surface area (Å²) in [6, 6.07) is 6.22. The van der Waals surface area contributed by atoms with Crippen LogP contribution in [0.5, 0.6) is 0 Å². The van der Waals surface area contributed by atoms with Gasteiger partial charge < -0.3 is 10.4 Å². The van der Waals surface area contributed by atoms with Gasteiger partial charge in [-0.05, 0) is 36.5 Å². The number of carbonyl (C=O) groups is 2. The van der Waals surface area contributed by atoms with Crippen LogP contribution in [0.2, 0.25) is 0 Å². The van der Waals surface area contributed by atoms with Crippen LogP contribution in [0, 0.1) is 11.8 Å². The topological polar surface area (TPSA) is 127 Å². The molecule has 1 fully saturated rings. The van der Waals surface area contributed by atoms with Crippen molar-refractivity contribution in [3.05, 3.63) is 29.8 Å². The molecular weight excluding hydrogens is 320 g/mol. The Morgan fingerprint density at radius 2 is 1.96 bits per heavy atom. The molecule has 1 saturated carbocycles. The minimum Gasteiger partial charge on any atom is -0.481 e. The molecular formula is C15H20N2O5S. The fraction of sp³-hybridized carbons (Fsp3) is 0.467. The third kappa shape index (κ3) is 5.04. The maximum atomic E-state index is 12.3. The Balaban J connectivity index is 2.12. The van der Waals surface area contributed by atoms with Crippen molar-refractivity contribution in [1.82, 2.24) is 0 Å². The maximum Gasteiger partial charge on any atom is 0.316 e. The normalized spacial score (nSPS) is 16.9. The van der Waals surface area contributed by atoms with E-state index in [1.54, 1.807) is 18.2 Å². The number of carbonyl (C=O) groups excluding carboxylic acids is 1. The summed E-state index contributed by atoms with van der Waals surface area (Å²) in [5.41, 5.74) is 0.790. The third-order valence-electron chi connectivity index (χ3n) is 3.98. The molecule has 1 amide bonds. The molecule has 1 aromatic carbocycles. The lowest BCUT2D eigenvalue weighted by molar-refractivity contribution is -0.147. The van der Waals surface area contributed by atoms with Crippen LogP contribution in [0.1, 0.15) is 31.2 Å². The monoisotopic (exact) mass is 340 g/mol. The number of sulfonamides is 1. The van der Waals surface area contributed by atoms with E-state index in [9.17, 15) is 23.1 Å². The molecule has 0 aliphatic heterocycles. The molecule has 1 aromatic rings. The average molecular weight is 340 g/mol. The number of hydrogen-bond acceptors (Lipinski definition) is 4. The Hall–Kier alpha value is -1.93. The van der Waals surface area contributed by atoms with E-state index < -0.39 is 27.8 Å². The highest BCUT2D eigenvalue weighted by molar-refractivity contribution is 7.88. The van der Waals surface area contributed by atoms with Gasteiger partial charge in [0.05, 0.1) is 5.75 Å². The number of primary sulfonamides is 1. The average Bonchev–Trinajstić information content (AvgIpc) is 2.90. The molecule has 0 heterocycles. The zero-order valence-corrected chi connectivity index (χ0v) is 13.4. The van der Waals surface area contributed by atoms with Gasteiger partial charge in [0.15, 0.2) is 0 Å². The summed E-state index contributed by atoms with van der Waals surface area (Å²) in [7, 11) is -3.67. The van der Waals surface area contributed by atoms with Gasteiger partial charge in [-0.2, -0.15) is 0 Å². The summed E-state index contributed by atoms with van der Waals surface area (Å²) in [6.45, 7) is 0. The van der Waals surface area contributed by atoms with Gasteiger partial charge in [-0.25, -0.2) is 13.6 Å². The van der Waals surface area contributed by atoms with Crippen molar-refractivity contribution in [2.45, 2.75) is 31.4 Å². The second-order valence-corrected chi connectivity index (χ2v) is 7.47. The van der Waals surface area contributed by atoms with Crippen LogP contribution < -0.4 is 10.5 Å². The number of rotatable bonds is 6. The number of anilines is 1. The number of benzene rings is 1. The molecule has 1 aliphatic rings. The van der Waals surface area contributed by atoms with Crippen molar-refractivity contribution in [3.8, 4) is 0 Å². The summed E-state index contributed by atoms with van der Waals surface area (Å²) in [6.07, 6.45) is 3.34. The first-order valence-electron chi connectivity index (χ1n) is 7.39. The Kier molecular flexibility index (Phi) is 5.38. The van der Waals surface area contributed by atoms with E-state index in [-0.39, 0.29) is 11.7 Å². The van der Waals surface area contributed by atoms with E-state index in [0.717, 1.165) is 25.7 Å². The summed E-state index contributed by atoms with van der Waals surface area (Å²) in [4.78, 5) is 23.7. The van der Waals surface area contributed by atoms with Crippen molar-refractivity contribution in [3.63, 3.8) is 0 Å². The SMILES string of the molecule is NS(=O)(=O)Cc1cccc(NC(=O)C(C(=O)O)C2CCCC2)c1. The molecule has 1 aliphatic carbocycles. The Morgan fingerprint density at radius 3 is 2.52 bits per heavy atom. The van der Waals surface area contributed by atoms with Crippen molar-refractivity contribution < 1.29 is 23.1 Å². The van der Waals surface area contributed by atoms with Crippen LogP contribution in [0.25, 0.3) is 0 Å². The van der Waals surface area contributed by atoms with Crippen molar-refractivity contribution in [2.24, 2.45) is 17.0 Å². The number of carboxylic acid groups (broad SMARTS) is 1. The van der Waals surface area contributed by atoms with Crippen LogP contribution >= 0.6 is 0 Å². The van der Waals surface area contributed by atoms with E-state index in [2.05, 4.69) is 5.32 Å².